The van der Waals surface area contributed by atoms with Crippen molar-refractivity contribution in [1.29, 1.82) is 0 Å². The predicted molar refractivity (Wildman–Crippen MR) is 70.3 cm³/mol. The maximum Gasteiger partial charge on any atom is 0.225 e. The van der Waals surface area contributed by atoms with Gasteiger partial charge in [0.2, 0.25) is 5.91 Å². The summed E-state index contributed by atoms with van der Waals surface area (Å²) in [6.45, 7) is 4.55. The molecule has 1 saturated heterocycles. The van der Waals surface area contributed by atoms with Gasteiger partial charge in [0.05, 0.1) is 6.20 Å². The third kappa shape index (κ3) is 2.78. The molecule has 98 valence electrons. The highest BCUT2D eigenvalue weighted by molar-refractivity contribution is 5.78. The number of hydrogen-bond donors (Lipinski definition) is 0. The van der Waals surface area contributed by atoms with Gasteiger partial charge in [-0.15, -0.1) is 0 Å². The molecule has 2 heterocycles. The fourth-order valence-electron chi connectivity index (χ4n) is 2.28. The van der Waals surface area contributed by atoms with Crippen molar-refractivity contribution in [2.45, 2.75) is 19.8 Å². The molecule has 0 N–H and O–H groups in total. The van der Waals surface area contributed by atoms with Crippen LogP contribution >= 0.6 is 0 Å². The number of carbonyl (C=O) groups is 1. The maximum atomic E-state index is 12.1. The first-order chi connectivity index (χ1) is 8.72. The molecule has 0 unspecified atom stereocenters. The first kappa shape index (κ1) is 12.8. The van der Waals surface area contributed by atoms with Gasteiger partial charge in [-0.05, 0) is 19.8 Å². The van der Waals surface area contributed by atoms with Crippen molar-refractivity contribution in [3.63, 3.8) is 0 Å². The van der Waals surface area contributed by atoms with Gasteiger partial charge in [0.15, 0.2) is 0 Å². The summed E-state index contributed by atoms with van der Waals surface area (Å²) in [6, 6.07) is 0. The second-order valence-electron chi connectivity index (χ2n) is 4.68. The number of aromatic nitrogens is 2. The lowest BCUT2D eigenvalue weighted by molar-refractivity contribution is -0.134. The summed E-state index contributed by atoms with van der Waals surface area (Å²) in [5.74, 6) is 1.35. The van der Waals surface area contributed by atoms with Crippen molar-refractivity contribution in [2.75, 3.05) is 31.6 Å². The first-order valence-corrected chi connectivity index (χ1v) is 6.48. The fraction of sp³-hybridized carbons (Fsp3) is 0.615. The molecule has 1 aromatic heterocycles. The lowest BCUT2D eigenvalue weighted by atomic mass is 9.95. The monoisotopic (exact) mass is 248 g/mol. The Morgan fingerprint density at radius 1 is 1.44 bits per heavy atom. The Kier molecular flexibility index (Phi) is 4.12. The Morgan fingerprint density at radius 2 is 2.17 bits per heavy atom. The molecule has 0 saturated carbocycles. The molecule has 5 nitrogen and oxygen atoms in total. The molecular weight excluding hydrogens is 228 g/mol. The van der Waals surface area contributed by atoms with E-state index in [2.05, 4.69) is 14.9 Å². The fourth-order valence-corrected chi connectivity index (χ4v) is 2.28. The molecular formula is C13H20N4O. The first-order valence-electron chi connectivity index (χ1n) is 6.48. The highest BCUT2D eigenvalue weighted by Crippen LogP contribution is 2.22. The Morgan fingerprint density at radius 3 is 2.72 bits per heavy atom. The van der Waals surface area contributed by atoms with Crippen molar-refractivity contribution >= 4 is 11.7 Å². The molecule has 2 rings (SSSR count). The van der Waals surface area contributed by atoms with Crippen molar-refractivity contribution < 1.29 is 4.79 Å². The van der Waals surface area contributed by atoms with Crippen molar-refractivity contribution in [3.8, 4) is 0 Å². The number of carbonyl (C=O) groups excluding carboxylic acids is 1. The van der Waals surface area contributed by atoms with Crippen LogP contribution in [0.5, 0.6) is 0 Å². The predicted octanol–water partition coefficient (Wildman–Crippen LogP) is 1.17. The van der Waals surface area contributed by atoms with Crippen LogP contribution in [0.25, 0.3) is 0 Å². The summed E-state index contributed by atoms with van der Waals surface area (Å²) < 4.78 is 0. The number of hydrogen-bond acceptors (Lipinski definition) is 4. The summed E-state index contributed by atoms with van der Waals surface area (Å²) in [5, 5.41) is 0. The number of piperidine rings is 1. The van der Waals surface area contributed by atoms with Crippen LogP contribution in [0.4, 0.5) is 5.82 Å². The molecule has 1 aromatic rings. The second kappa shape index (κ2) is 5.80. The van der Waals surface area contributed by atoms with Gasteiger partial charge < -0.3 is 9.80 Å². The maximum absolute atomic E-state index is 12.1. The van der Waals surface area contributed by atoms with Crippen LogP contribution in [0.15, 0.2) is 18.6 Å². The lowest BCUT2D eigenvalue weighted by Gasteiger charge is -2.33. The number of anilines is 1. The zero-order valence-corrected chi connectivity index (χ0v) is 11.0. The highest BCUT2D eigenvalue weighted by Gasteiger charge is 2.27. The zero-order chi connectivity index (χ0) is 13.0. The second-order valence-corrected chi connectivity index (χ2v) is 4.68. The molecule has 0 atom stereocenters. The highest BCUT2D eigenvalue weighted by atomic mass is 16.2. The van der Waals surface area contributed by atoms with Crippen LogP contribution in [0.2, 0.25) is 0 Å². The standard InChI is InChI=1S/C13H20N4O/c1-3-16(2)13(18)11-4-8-17(9-5-11)12-10-14-6-7-15-12/h6-7,10-11H,3-5,8-9H2,1-2H3. The van der Waals surface area contributed by atoms with Crippen molar-refractivity contribution in [3.05, 3.63) is 18.6 Å². The Hall–Kier alpha value is -1.65. The van der Waals surface area contributed by atoms with E-state index in [0.29, 0.717) is 0 Å². The summed E-state index contributed by atoms with van der Waals surface area (Å²) in [7, 11) is 1.87. The third-order valence-electron chi connectivity index (χ3n) is 3.57. The molecule has 0 radical (unpaired) electrons. The Labute approximate surface area is 108 Å². The minimum atomic E-state index is 0.169. The van der Waals surface area contributed by atoms with Gasteiger partial charge in [0, 0.05) is 45.0 Å². The number of amides is 1. The van der Waals surface area contributed by atoms with Gasteiger partial charge in [0.1, 0.15) is 5.82 Å². The van der Waals surface area contributed by atoms with Gasteiger partial charge in [0.25, 0.3) is 0 Å². The molecule has 1 fully saturated rings. The van der Waals surface area contributed by atoms with Gasteiger partial charge in [-0.3, -0.25) is 9.78 Å². The van der Waals surface area contributed by atoms with E-state index in [1.54, 1.807) is 18.6 Å². The summed E-state index contributed by atoms with van der Waals surface area (Å²) in [5.41, 5.74) is 0. The summed E-state index contributed by atoms with van der Waals surface area (Å²) >= 11 is 0. The van der Waals surface area contributed by atoms with Gasteiger partial charge >= 0.3 is 0 Å². The van der Waals surface area contributed by atoms with E-state index in [4.69, 9.17) is 0 Å². The van der Waals surface area contributed by atoms with E-state index in [1.165, 1.54) is 0 Å². The molecule has 1 aliphatic heterocycles. The molecule has 0 aliphatic carbocycles. The lowest BCUT2D eigenvalue weighted by Crippen LogP contribution is -2.41. The molecule has 1 aliphatic rings. The van der Waals surface area contributed by atoms with E-state index < -0.39 is 0 Å². The number of nitrogens with zero attached hydrogens (tertiary/aromatic N) is 4. The van der Waals surface area contributed by atoms with Gasteiger partial charge in [-0.2, -0.15) is 0 Å². The van der Waals surface area contributed by atoms with Crippen LogP contribution in [0, 0.1) is 5.92 Å². The van der Waals surface area contributed by atoms with E-state index >= 15 is 0 Å². The van der Waals surface area contributed by atoms with Gasteiger partial charge in [-0.25, -0.2) is 4.98 Å². The minimum Gasteiger partial charge on any atom is -0.355 e. The van der Waals surface area contributed by atoms with Crippen LogP contribution in [-0.2, 0) is 4.79 Å². The van der Waals surface area contributed by atoms with E-state index in [1.807, 2.05) is 18.9 Å². The molecule has 0 spiro atoms. The zero-order valence-electron chi connectivity index (χ0n) is 11.0. The molecule has 1 amide bonds. The van der Waals surface area contributed by atoms with E-state index in [-0.39, 0.29) is 11.8 Å². The largest absolute Gasteiger partial charge is 0.355 e. The van der Waals surface area contributed by atoms with E-state index in [9.17, 15) is 4.79 Å². The van der Waals surface area contributed by atoms with E-state index in [0.717, 1.165) is 38.3 Å². The average molecular weight is 248 g/mol. The van der Waals surface area contributed by atoms with Crippen LogP contribution < -0.4 is 4.90 Å². The molecule has 5 heteroatoms. The topological polar surface area (TPSA) is 49.3 Å². The van der Waals surface area contributed by atoms with Crippen molar-refractivity contribution in [2.24, 2.45) is 5.92 Å². The average Bonchev–Trinajstić information content (AvgIpc) is 2.47. The minimum absolute atomic E-state index is 0.169. The van der Waals surface area contributed by atoms with Crippen LogP contribution in [-0.4, -0.2) is 47.5 Å². The Bertz CT molecular complexity index is 387. The smallest absolute Gasteiger partial charge is 0.225 e. The SMILES string of the molecule is CCN(C)C(=O)C1CCN(c2cnccn2)CC1. The Balaban J connectivity index is 1.90. The van der Waals surface area contributed by atoms with Crippen LogP contribution in [0.3, 0.4) is 0 Å². The molecule has 18 heavy (non-hydrogen) atoms. The molecule has 0 aromatic carbocycles. The number of rotatable bonds is 3. The quantitative estimate of drug-likeness (QED) is 0.805. The molecule has 0 bridgehead atoms. The third-order valence-corrected chi connectivity index (χ3v) is 3.57. The normalized spacial score (nSPS) is 16.7. The van der Waals surface area contributed by atoms with Crippen LogP contribution in [0.1, 0.15) is 19.8 Å². The summed E-state index contributed by atoms with van der Waals surface area (Å²) in [4.78, 5) is 24.4. The van der Waals surface area contributed by atoms with Crippen molar-refractivity contribution in [1.82, 2.24) is 14.9 Å². The summed E-state index contributed by atoms with van der Waals surface area (Å²) in [6.07, 6.45) is 6.97. The van der Waals surface area contributed by atoms with Gasteiger partial charge in [-0.1, -0.05) is 0 Å².